The van der Waals surface area contributed by atoms with Crippen molar-refractivity contribution < 1.29 is 9.53 Å². The molecule has 1 aliphatic heterocycles. The van der Waals surface area contributed by atoms with Crippen LogP contribution in [0.3, 0.4) is 0 Å². The summed E-state index contributed by atoms with van der Waals surface area (Å²) in [6.45, 7) is 0.420. The molecule has 0 radical (unpaired) electrons. The molecule has 1 aliphatic rings. The van der Waals surface area contributed by atoms with Gasteiger partial charge in [-0.25, -0.2) is 0 Å². The van der Waals surface area contributed by atoms with Gasteiger partial charge in [0.2, 0.25) is 0 Å². The molecular formula is C12H13BrCl2N2O2. The zero-order valence-corrected chi connectivity index (χ0v) is 13.1. The highest BCUT2D eigenvalue weighted by atomic mass is 79.9. The van der Waals surface area contributed by atoms with E-state index in [1.54, 1.807) is 12.1 Å². The lowest BCUT2D eigenvalue weighted by Gasteiger charge is -2.14. The molecule has 2 atom stereocenters. The van der Waals surface area contributed by atoms with Crippen molar-refractivity contribution >= 4 is 50.7 Å². The number of rotatable bonds is 3. The molecule has 1 aromatic rings. The minimum Gasteiger partial charge on any atom is -0.364 e. The van der Waals surface area contributed by atoms with Gasteiger partial charge in [-0.2, -0.15) is 0 Å². The summed E-state index contributed by atoms with van der Waals surface area (Å²) in [4.78, 5) is 12.1. The molecule has 104 valence electrons. The topological polar surface area (TPSA) is 64.4 Å². The predicted octanol–water partition coefficient (Wildman–Crippen LogP) is 3.20. The van der Waals surface area contributed by atoms with Crippen molar-refractivity contribution in [3.63, 3.8) is 0 Å². The van der Waals surface area contributed by atoms with Crippen molar-refractivity contribution in [2.75, 3.05) is 11.9 Å². The van der Waals surface area contributed by atoms with E-state index in [-0.39, 0.29) is 12.0 Å². The summed E-state index contributed by atoms with van der Waals surface area (Å²) in [6.07, 6.45) is 0.895. The first-order valence-electron chi connectivity index (χ1n) is 5.82. The zero-order chi connectivity index (χ0) is 14.0. The fourth-order valence-electron chi connectivity index (χ4n) is 1.94. The molecular weight excluding hydrogens is 355 g/mol. The van der Waals surface area contributed by atoms with Gasteiger partial charge in [-0.3, -0.25) is 4.79 Å². The second-order valence-corrected chi connectivity index (χ2v) is 6.02. The second kappa shape index (κ2) is 6.41. The second-order valence-electron chi connectivity index (χ2n) is 4.29. The van der Waals surface area contributed by atoms with Gasteiger partial charge in [-0.1, -0.05) is 39.1 Å². The summed E-state index contributed by atoms with van der Waals surface area (Å²) in [5.41, 5.74) is 5.91. The first-order valence-corrected chi connectivity index (χ1v) is 7.37. The van der Waals surface area contributed by atoms with E-state index in [0.717, 1.165) is 10.9 Å². The third-order valence-corrected chi connectivity index (χ3v) is 3.97. The average molecular weight is 368 g/mol. The van der Waals surface area contributed by atoms with Crippen molar-refractivity contribution in [2.45, 2.75) is 25.0 Å². The molecule has 0 aromatic heterocycles. The van der Waals surface area contributed by atoms with Gasteiger partial charge in [0.05, 0.1) is 21.8 Å². The molecule has 4 nitrogen and oxygen atoms in total. The van der Waals surface area contributed by atoms with Gasteiger partial charge in [0.25, 0.3) is 5.91 Å². The van der Waals surface area contributed by atoms with Crippen molar-refractivity contribution in [1.82, 2.24) is 0 Å². The number of carbonyl (C=O) groups excluding carboxylic acids is 1. The molecule has 1 aromatic carbocycles. The van der Waals surface area contributed by atoms with E-state index >= 15 is 0 Å². The number of benzene rings is 1. The van der Waals surface area contributed by atoms with Crippen molar-refractivity contribution in [3.8, 4) is 0 Å². The van der Waals surface area contributed by atoms with Crippen LogP contribution in [0.5, 0.6) is 0 Å². The van der Waals surface area contributed by atoms with E-state index in [9.17, 15) is 4.79 Å². The number of hydrogen-bond donors (Lipinski definition) is 2. The molecule has 0 spiro atoms. The van der Waals surface area contributed by atoms with E-state index in [1.165, 1.54) is 0 Å². The van der Waals surface area contributed by atoms with Gasteiger partial charge in [-0.15, -0.1) is 0 Å². The number of ether oxygens (including phenoxy) is 1. The zero-order valence-electron chi connectivity index (χ0n) is 9.96. The Labute approximate surface area is 129 Å². The molecule has 19 heavy (non-hydrogen) atoms. The Morgan fingerprint density at radius 1 is 1.42 bits per heavy atom. The third-order valence-electron chi connectivity index (χ3n) is 2.92. The van der Waals surface area contributed by atoms with Gasteiger partial charge < -0.3 is 15.8 Å². The first-order chi connectivity index (χ1) is 9.01. The number of halogens is 3. The molecule has 7 heteroatoms. The summed E-state index contributed by atoms with van der Waals surface area (Å²) in [7, 11) is 0. The Balaban J connectivity index is 2.08. The van der Waals surface area contributed by atoms with Gasteiger partial charge in [0.1, 0.15) is 6.10 Å². The van der Waals surface area contributed by atoms with E-state index in [2.05, 4.69) is 21.2 Å². The molecule has 1 saturated heterocycles. The fourth-order valence-corrected chi connectivity index (χ4v) is 3.24. The molecule has 3 N–H and O–H groups in total. The number of anilines is 1. The molecule has 0 bridgehead atoms. The summed E-state index contributed by atoms with van der Waals surface area (Å²) in [6, 6.07) is 3.34. The molecule has 1 fully saturated rings. The lowest BCUT2D eigenvalue weighted by atomic mass is 10.2. The van der Waals surface area contributed by atoms with Crippen LogP contribution in [0.15, 0.2) is 16.6 Å². The predicted molar refractivity (Wildman–Crippen MR) is 79.7 cm³/mol. The summed E-state index contributed by atoms with van der Waals surface area (Å²) in [5.74, 6) is -0.248. The molecule has 1 amide bonds. The maximum absolute atomic E-state index is 12.1. The minimum absolute atomic E-state index is 0.0494. The molecule has 1 heterocycles. The van der Waals surface area contributed by atoms with E-state index in [1.807, 2.05) is 0 Å². The molecule has 0 saturated carbocycles. The summed E-state index contributed by atoms with van der Waals surface area (Å²) >= 11 is 15.4. The Hall–Kier alpha value is -0.330. The standard InChI is InChI=1S/C12H13BrCl2N2O2/c13-6-3-8(14)11(9(15)4-6)17-12(18)10-2-1-7(5-16)19-10/h3-4,7,10H,1-2,5,16H2,(H,17,18). The van der Waals surface area contributed by atoms with Crippen LogP contribution in [-0.2, 0) is 9.53 Å². The average Bonchev–Trinajstić information content (AvgIpc) is 2.82. The Bertz CT molecular complexity index is 476. The largest absolute Gasteiger partial charge is 0.364 e. The highest BCUT2D eigenvalue weighted by Gasteiger charge is 2.30. The van der Waals surface area contributed by atoms with E-state index in [0.29, 0.717) is 28.7 Å². The van der Waals surface area contributed by atoms with Gasteiger partial charge >= 0.3 is 0 Å². The Morgan fingerprint density at radius 3 is 2.58 bits per heavy atom. The van der Waals surface area contributed by atoms with Crippen LogP contribution in [0, 0.1) is 0 Å². The van der Waals surface area contributed by atoms with Crippen LogP contribution >= 0.6 is 39.1 Å². The Kier molecular flexibility index (Phi) is 5.09. The maximum Gasteiger partial charge on any atom is 0.253 e. The van der Waals surface area contributed by atoms with Crippen LogP contribution in [0.2, 0.25) is 10.0 Å². The quantitative estimate of drug-likeness (QED) is 0.862. The highest BCUT2D eigenvalue weighted by molar-refractivity contribution is 9.10. The normalized spacial score (nSPS) is 22.5. The number of nitrogens with one attached hydrogen (secondary N) is 1. The fraction of sp³-hybridized carbons (Fsp3) is 0.417. The lowest BCUT2D eigenvalue weighted by Crippen LogP contribution is -2.30. The van der Waals surface area contributed by atoms with Gasteiger partial charge in [0.15, 0.2) is 0 Å². The van der Waals surface area contributed by atoms with Crippen LogP contribution in [-0.4, -0.2) is 24.7 Å². The van der Waals surface area contributed by atoms with Crippen LogP contribution in [0.1, 0.15) is 12.8 Å². The number of hydrogen-bond acceptors (Lipinski definition) is 3. The smallest absolute Gasteiger partial charge is 0.253 e. The van der Waals surface area contributed by atoms with Crippen LogP contribution < -0.4 is 11.1 Å². The van der Waals surface area contributed by atoms with E-state index < -0.39 is 6.10 Å². The van der Waals surface area contributed by atoms with Crippen molar-refractivity contribution in [3.05, 3.63) is 26.7 Å². The Morgan fingerprint density at radius 2 is 2.05 bits per heavy atom. The SMILES string of the molecule is NCC1CCC(C(=O)Nc2c(Cl)cc(Br)cc2Cl)O1. The van der Waals surface area contributed by atoms with Gasteiger partial charge in [-0.05, 0) is 25.0 Å². The monoisotopic (exact) mass is 366 g/mol. The summed E-state index contributed by atoms with van der Waals surface area (Å²) < 4.78 is 6.27. The maximum atomic E-state index is 12.1. The molecule has 0 aliphatic carbocycles. The van der Waals surface area contributed by atoms with Crippen LogP contribution in [0.4, 0.5) is 5.69 Å². The van der Waals surface area contributed by atoms with Crippen molar-refractivity contribution in [2.24, 2.45) is 5.73 Å². The molecule has 2 unspecified atom stereocenters. The third kappa shape index (κ3) is 3.61. The minimum atomic E-state index is -0.496. The molecule has 2 rings (SSSR count). The van der Waals surface area contributed by atoms with Gasteiger partial charge in [0, 0.05) is 11.0 Å². The lowest BCUT2D eigenvalue weighted by molar-refractivity contribution is -0.126. The summed E-state index contributed by atoms with van der Waals surface area (Å²) in [5, 5.41) is 3.45. The highest BCUT2D eigenvalue weighted by Crippen LogP contribution is 2.34. The number of nitrogens with two attached hydrogens (primary N) is 1. The first kappa shape index (κ1) is 15.1. The van der Waals surface area contributed by atoms with E-state index in [4.69, 9.17) is 33.7 Å². The number of amides is 1. The van der Waals surface area contributed by atoms with Crippen molar-refractivity contribution in [1.29, 1.82) is 0 Å². The number of carbonyl (C=O) groups is 1. The van der Waals surface area contributed by atoms with Crippen LogP contribution in [0.25, 0.3) is 0 Å².